The third-order valence-electron chi connectivity index (χ3n) is 9.14. The fourth-order valence-electron chi connectivity index (χ4n) is 6.78. The molecule has 4 nitrogen and oxygen atoms in total. The number of hydrogen-bond donors (Lipinski definition) is 0. The Morgan fingerprint density at radius 1 is 0.380 bits per heavy atom. The third-order valence-corrected chi connectivity index (χ3v) is 11.5. The summed E-state index contributed by atoms with van der Waals surface area (Å²) in [6.45, 7) is 0. The third kappa shape index (κ3) is 4.88. The molecular formula is C44H26N4S2. The van der Waals surface area contributed by atoms with Crippen LogP contribution in [0.25, 0.3) is 97.0 Å². The Morgan fingerprint density at radius 2 is 0.980 bits per heavy atom. The highest BCUT2D eigenvalue weighted by atomic mass is 32.1. The van der Waals surface area contributed by atoms with E-state index in [4.69, 9.17) is 19.9 Å². The molecule has 6 heteroatoms. The number of nitrogens with zero attached hydrogens (tertiary/aromatic N) is 4. The molecule has 0 spiro atoms. The van der Waals surface area contributed by atoms with E-state index in [1.165, 1.54) is 25.6 Å². The second kappa shape index (κ2) is 11.8. The summed E-state index contributed by atoms with van der Waals surface area (Å²) in [5.41, 5.74) is 7.20. The Kier molecular flexibility index (Phi) is 6.82. The van der Waals surface area contributed by atoms with Crippen LogP contribution in [0, 0.1) is 0 Å². The molecule has 3 heterocycles. The predicted molar refractivity (Wildman–Crippen MR) is 211 cm³/mol. The maximum absolute atomic E-state index is 5.29. The first-order valence-corrected chi connectivity index (χ1v) is 18.1. The van der Waals surface area contributed by atoms with E-state index < -0.39 is 0 Å². The first-order chi connectivity index (χ1) is 24.8. The molecule has 0 saturated heterocycles. The number of aromatic nitrogens is 4. The fraction of sp³-hybridized carbons (Fsp3) is 0. The van der Waals surface area contributed by atoms with Crippen molar-refractivity contribution in [1.82, 2.24) is 19.9 Å². The normalized spacial score (nSPS) is 11.6. The Labute approximate surface area is 296 Å². The van der Waals surface area contributed by atoms with Crippen LogP contribution in [-0.2, 0) is 0 Å². The van der Waals surface area contributed by atoms with Gasteiger partial charge in [0.1, 0.15) is 5.01 Å². The van der Waals surface area contributed by atoms with Crippen molar-refractivity contribution in [3.63, 3.8) is 0 Å². The van der Waals surface area contributed by atoms with Crippen molar-refractivity contribution in [3.05, 3.63) is 158 Å². The minimum Gasteiger partial charge on any atom is -0.236 e. The van der Waals surface area contributed by atoms with E-state index in [0.29, 0.717) is 17.5 Å². The van der Waals surface area contributed by atoms with Gasteiger partial charge in [0.05, 0.1) is 10.2 Å². The quantitative estimate of drug-likeness (QED) is 0.182. The molecule has 50 heavy (non-hydrogen) atoms. The van der Waals surface area contributed by atoms with E-state index in [-0.39, 0.29) is 0 Å². The van der Waals surface area contributed by atoms with E-state index in [1.54, 1.807) is 22.7 Å². The second-order valence-corrected chi connectivity index (χ2v) is 14.3. The highest BCUT2D eigenvalue weighted by Gasteiger charge is 2.22. The topological polar surface area (TPSA) is 51.6 Å². The van der Waals surface area contributed by atoms with Crippen LogP contribution in [-0.4, -0.2) is 19.9 Å². The summed E-state index contributed by atoms with van der Waals surface area (Å²) in [5.74, 6) is 1.91. The molecule has 234 valence electrons. The minimum absolute atomic E-state index is 0.634. The zero-order valence-electron chi connectivity index (χ0n) is 26.6. The van der Waals surface area contributed by atoms with Gasteiger partial charge in [-0.25, -0.2) is 19.9 Å². The Hall–Kier alpha value is -6.08. The van der Waals surface area contributed by atoms with Gasteiger partial charge >= 0.3 is 0 Å². The van der Waals surface area contributed by atoms with E-state index in [0.717, 1.165) is 54.0 Å². The van der Waals surface area contributed by atoms with Gasteiger partial charge in [-0.1, -0.05) is 133 Å². The molecule has 0 saturated carbocycles. The number of rotatable bonds is 5. The zero-order valence-corrected chi connectivity index (χ0v) is 28.2. The van der Waals surface area contributed by atoms with Gasteiger partial charge in [0.15, 0.2) is 17.5 Å². The lowest BCUT2D eigenvalue weighted by molar-refractivity contribution is 1.08. The number of fused-ring (bicyclic) bond motifs is 6. The van der Waals surface area contributed by atoms with Crippen molar-refractivity contribution in [2.24, 2.45) is 0 Å². The minimum atomic E-state index is 0.634. The van der Waals surface area contributed by atoms with E-state index in [1.807, 2.05) is 24.3 Å². The van der Waals surface area contributed by atoms with Crippen LogP contribution in [0.15, 0.2) is 158 Å². The molecule has 3 aromatic heterocycles. The van der Waals surface area contributed by atoms with Gasteiger partial charge in [-0.2, -0.15) is 0 Å². The molecule has 0 aliphatic carbocycles. The van der Waals surface area contributed by atoms with Gasteiger partial charge in [0, 0.05) is 42.4 Å². The Bertz CT molecular complexity index is 2860. The summed E-state index contributed by atoms with van der Waals surface area (Å²) in [6, 6.07) is 54.9. The summed E-state index contributed by atoms with van der Waals surface area (Å²) in [4.78, 5) is 20.8. The zero-order chi connectivity index (χ0) is 33.0. The molecule has 0 aliphatic heterocycles. The maximum atomic E-state index is 5.29. The molecule has 10 rings (SSSR count). The fourth-order valence-corrected chi connectivity index (χ4v) is 9.18. The summed E-state index contributed by atoms with van der Waals surface area (Å²) >= 11 is 3.53. The van der Waals surface area contributed by atoms with Crippen molar-refractivity contribution in [2.45, 2.75) is 0 Å². The number of thiophene rings is 1. The molecule has 0 atom stereocenters. The summed E-state index contributed by atoms with van der Waals surface area (Å²) in [5, 5.41) is 5.76. The van der Waals surface area contributed by atoms with Gasteiger partial charge in [-0.05, 0) is 46.2 Å². The average molecular weight is 675 g/mol. The van der Waals surface area contributed by atoms with Crippen LogP contribution >= 0.6 is 22.7 Å². The SMILES string of the molecule is c1ccc(-c2nc(-c3cc(-c4ccccc4)c4ccccc4c3)nc(-c3cc4nc(-c5ccccc5)sc4c4c3sc3ccccc34)n2)cc1. The van der Waals surface area contributed by atoms with Crippen LogP contribution in [0.4, 0.5) is 0 Å². The Balaban J connectivity index is 1.26. The highest BCUT2D eigenvalue weighted by Crippen LogP contribution is 2.46. The number of hydrogen-bond acceptors (Lipinski definition) is 6. The van der Waals surface area contributed by atoms with Gasteiger partial charge < -0.3 is 0 Å². The average Bonchev–Trinajstić information content (AvgIpc) is 3.80. The van der Waals surface area contributed by atoms with Crippen molar-refractivity contribution in [1.29, 1.82) is 0 Å². The van der Waals surface area contributed by atoms with Crippen LogP contribution in [0.2, 0.25) is 0 Å². The van der Waals surface area contributed by atoms with Crippen molar-refractivity contribution in [2.75, 3.05) is 0 Å². The monoisotopic (exact) mass is 674 g/mol. The highest BCUT2D eigenvalue weighted by molar-refractivity contribution is 7.28. The summed E-state index contributed by atoms with van der Waals surface area (Å²) in [6.07, 6.45) is 0. The van der Waals surface area contributed by atoms with E-state index in [9.17, 15) is 0 Å². The van der Waals surface area contributed by atoms with Crippen LogP contribution in [0.1, 0.15) is 0 Å². The van der Waals surface area contributed by atoms with Crippen molar-refractivity contribution >= 4 is 63.8 Å². The van der Waals surface area contributed by atoms with Gasteiger partial charge in [-0.3, -0.25) is 0 Å². The Morgan fingerprint density at radius 3 is 1.74 bits per heavy atom. The lowest BCUT2D eigenvalue weighted by Gasteiger charge is -2.13. The molecule has 0 bridgehead atoms. The van der Waals surface area contributed by atoms with Crippen LogP contribution in [0.3, 0.4) is 0 Å². The molecular weight excluding hydrogens is 649 g/mol. The molecule has 0 N–H and O–H groups in total. The molecule has 0 aliphatic rings. The smallest absolute Gasteiger partial charge is 0.165 e. The lowest BCUT2D eigenvalue weighted by Crippen LogP contribution is -2.00. The van der Waals surface area contributed by atoms with E-state index >= 15 is 0 Å². The largest absolute Gasteiger partial charge is 0.236 e. The van der Waals surface area contributed by atoms with E-state index in [2.05, 4.69) is 133 Å². The van der Waals surface area contributed by atoms with Gasteiger partial charge in [0.2, 0.25) is 0 Å². The summed E-state index contributed by atoms with van der Waals surface area (Å²) in [7, 11) is 0. The first-order valence-electron chi connectivity index (χ1n) is 16.5. The van der Waals surface area contributed by atoms with Crippen LogP contribution in [0.5, 0.6) is 0 Å². The lowest BCUT2D eigenvalue weighted by atomic mass is 9.95. The van der Waals surface area contributed by atoms with Crippen molar-refractivity contribution < 1.29 is 0 Å². The molecule has 0 fully saturated rings. The number of thiazole rings is 1. The molecule has 0 radical (unpaired) electrons. The van der Waals surface area contributed by atoms with Crippen LogP contribution < -0.4 is 0 Å². The molecule has 0 amide bonds. The molecule has 10 aromatic rings. The van der Waals surface area contributed by atoms with Crippen molar-refractivity contribution in [3.8, 4) is 55.9 Å². The predicted octanol–water partition coefficient (Wildman–Crippen LogP) is 12.3. The maximum Gasteiger partial charge on any atom is 0.165 e. The standard InChI is InChI=1S/C44H26N4S2/c1-4-14-27(15-5-1)34-25-31(24-30-20-10-11-21-32(30)34)42-46-41(28-16-6-2-7-17-28)47-43(48-42)35-26-36-40(50-44(45-36)29-18-8-3-9-19-29)38-33-22-12-13-23-37(33)49-39(35)38/h1-26H. The first kappa shape index (κ1) is 28.9. The number of benzene rings is 7. The molecule has 7 aromatic carbocycles. The summed E-state index contributed by atoms with van der Waals surface area (Å²) < 4.78 is 3.56. The second-order valence-electron chi connectivity index (χ2n) is 12.2. The van der Waals surface area contributed by atoms with Gasteiger partial charge in [0.25, 0.3) is 0 Å². The molecule has 0 unspecified atom stereocenters. The van der Waals surface area contributed by atoms with Gasteiger partial charge in [-0.15, -0.1) is 22.7 Å².